The highest BCUT2D eigenvalue weighted by molar-refractivity contribution is 6.74. The Morgan fingerprint density at radius 2 is 1.73 bits per heavy atom. The summed E-state index contributed by atoms with van der Waals surface area (Å²) in [5.74, 6) is -1.00. The first kappa shape index (κ1) is 34.9. The van der Waals surface area contributed by atoms with E-state index in [9.17, 15) is 5.11 Å². The molecule has 0 bridgehead atoms. The van der Waals surface area contributed by atoms with Crippen molar-refractivity contribution >= 4 is 31.3 Å². The first-order valence-corrected chi connectivity index (χ1v) is 19.8. The molecule has 0 unspecified atom stereocenters. The summed E-state index contributed by atoms with van der Waals surface area (Å²) in [6.07, 6.45) is 0.888. The van der Waals surface area contributed by atoms with Gasteiger partial charge in [0, 0.05) is 31.1 Å². The van der Waals surface area contributed by atoms with Gasteiger partial charge in [-0.1, -0.05) is 51.1 Å². The lowest BCUT2D eigenvalue weighted by atomic mass is 9.57. The molecule has 0 aliphatic heterocycles. The minimum atomic E-state index is -2.82. The maximum atomic E-state index is 15.5. The first-order chi connectivity index (χ1) is 23.0. The van der Waals surface area contributed by atoms with Crippen LogP contribution in [-0.4, -0.2) is 75.9 Å². The van der Waals surface area contributed by atoms with Crippen LogP contribution >= 0.6 is 0 Å². The van der Waals surface area contributed by atoms with E-state index in [0.717, 1.165) is 22.4 Å². The highest BCUT2D eigenvalue weighted by atomic mass is 28.4. The zero-order valence-electron chi connectivity index (χ0n) is 30.6. The number of nitrogens with zero attached hydrogens (tertiary/aromatic N) is 3. The summed E-state index contributed by atoms with van der Waals surface area (Å²) >= 11 is 0. The fourth-order valence-electron chi connectivity index (χ4n) is 7.86. The molecule has 3 aromatic rings. The molecule has 2 aromatic carbocycles. The van der Waals surface area contributed by atoms with Crippen molar-refractivity contribution in [2.75, 3.05) is 40.2 Å². The van der Waals surface area contributed by atoms with E-state index >= 15 is 9.59 Å². The number of methoxy groups -OCH3 is 1. The minimum absolute atomic E-state index is 0.0352. The number of hydrogen-bond donors (Lipinski definition) is 1. The van der Waals surface area contributed by atoms with Gasteiger partial charge >= 0.3 is 0 Å². The molecule has 10 nitrogen and oxygen atoms in total. The van der Waals surface area contributed by atoms with Crippen LogP contribution in [0.5, 0.6) is 11.6 Å². The number of carbonyl (C=O) groups is 2. The fraction of sp³-hybridized carbons (Fsp3) is 0.500. The third-order valence-electron chi connectivity index (χ3n) is 11.1. The number of aryl methyl sites for hydroxylation is 1. The van der Waals surface area contributed by atoms with Gasteiger partial charge in [-0.25, -0.2) is 0 Å². The lowest BCUT2D eigenvalue weighted by molar-refractivity contribution is -0.140. The van der Waals surface area contributed by atoms with Crippen molar-refractivity contribution in [3.63, 3.8) is 0 Å². The second-order valence-electron chi connectivity index (χ2n) is 15.7. The summed E-state index contributed by atoms with van der Waals surface area (Å²) in [6, 6.07) is 10.9. The summed E-state index contributed by atoms with van der Waals surface area (Å²) in [5, 5.41) is 16.1. The molecule has 6 rings (SSSR count). The van der Waals surface area contributed by atoms with E-state index in [0.29, 0.717) is 29.9 Å². The summed E-state index contributed by atoms with van der Waals surface area (Å²) < 4.78 is 25.1. The van der Waals surface area contributed by atoms with Gasteiger partial charge in [0.25, 0.3) is 5.88 Å². The molecule has 3 aliphatic carbocycles. The number of ether oxygens (including phenoxy) is 2. The topological polar surface area (TPSA) is 115 Å². The van der Waals surface area contributed by atoms with E-state index in [1.165, 1.54) is 0 Å². The summed E-state index contributed by atoms with van der Waals surface area (Å²) in [6.45, 7) is 12.4. The molecule has 1 N–H and O–H groups in total. The van der Waals surface area contributed by atoms with Crippen LogP contribution in [0.1, 0.15) is 71.6 Å². The van der Waals surface area contributed by atoms with Crippen LogP contribution in [0.3, 0.4) is 0 Å². The zero-order chi connectivity index (χ0) is 35.8. The number of carbonyl (C=O) groups excluding carboxylic acids is 2. The van der Waals surface area contributed by atoms with Crippen LogP contribution in [0.2, 0.25) is 18.1 Å². The Hall–Kier alpha value is -3.93. The molecular formula is C38H49N3O7Si. The lowest BCUT2D eigenvalue weighted by Gasteiger charge is -2.55. The van der Waals surface area contributed by atoms with E-state index in [1.807, 2.05) is 81.3 Å². The highest BCUT2D eigenvalue weighted by Crippen LogP contribution is 2.59. The van der Waals surface area contributed by atoms with E-state index < -0.39 is 37.4 Å². The number of benzene rings is 2. The zero-order valence-corrected chi connectivity index (χ0v) is 31.6. The molecule has 262 valence electrons. The Bertz CT molecular complexity index is 1840. The van der Waals surface area contributed by atoms with Crippen LogP contribution in [0.4, 0.5) is 5.69 Å². The SMILES string of the molecule is COc1cc(C)c2c(c1N(C)C)C[C@H]1C[C@H]3[C@H](N(C)C)c4onc(OCc5ccccc5)c4C(=O)[C@@]3(O[Si](C)(C)C(C)(C)C)C(=O)C1=C2O. The minimum Gasteiger partial charge on any atom is -0.507 e. The molecule has 11 heteroatoms. The van der Waals surface area contributed by atoms with Crippen molar-refractivity contribution in [3.05, 3.63) is 75.5 Å². The number of rotatable bonds is 8. The number of fused-ring (bicyclic) bond motifs is 4. The van der Waals surface area contributed by atoms with Gasteiger partial charge in [-0.3, -0.25) is 14.5 Å². The van der Waals surface area contributed by atoms with Gasteiger partial charge in [0.15, 0.2) is 19.7 Å². The Kier molecular flexibility index (Phi) is 8.65. The van der Waals surface area contributed by atoms with Gasteiger partial charge in [0.1, 0.15) is 23.7 Å². The lowest BCUT2D eigenvalue weighted by Crippen LogP contribution is -2.68. The standard InChI is InChI=1S/C38H49N3O7Si/c1-21-17-26(45-9)30(40(5)6)24-18-23-19-25-31(41(7)8)33-29(36(39-47-33)46-20-22-15-13-12-14-16-22)35(44)38(25,48-49(10,11)37(2,3)4)34(43)28(23)32(42)27(21)24/h12-17,23,25,31,42H,18-20H2,1-11H3/t23-,25-,31-,38-/m0/s1. The Morgan fingerprint density at radius 1 is 1.06 bits per heavy atom. The number of hydrogen-bond acceptors (Lipinski definition) is 10. The quantitative estimate of drug-likeness (QED) is 0.198. The highest BCUT2D eigenvalue weighted by Gasteiger charge is 2.69. The van der Waals surface area contributed by atoms with Gasteiger partial charge in [0.2, 0.25) is 11.6 Å². The third-order valence-corrected chi connectivity index (χ3v) is 15.6. The predicted molar refractivity (Wildman–Crippen MR) is 191 cm³/mol. The van der Waals surface area contributed by atoms with Crippen LogP contribution in [0, 0.1) is 18.8 Å². The molecule has 3 aliphatic rings. The van der Waals surface area contributed by atoms with E-state index in [2.05, 4.69) is 39.0 Å². The predicted octanol–water partition coefficient (Wildman–Crippen LogP) is 6.93. The van der Waals surface area contributed by atoms with Crippen molar-refractivity contribution < 1.29 is 33.1 Å². The smallest absolute Gasteiger partial charge is 0.265 e. The molecule has 0 amide bonds. The fourth-order valence-corrected chi connectivity index (χ4v) is 9.31. The average molecular weight is 688 g/mol. The molecule has 49 heavy (non-hydrogen) atoms. The van der Waals surface area contributed by atoms with Crippen molar-refractivity contribution in [3.8, 4) is 11.6 Å². The van der Waals surface area contributed by atoms with E-state index in [4.69, 9.17) is 18.4 Å². The largest absolute Gasteiger partial charge is 0.507 e. The molecule has 1 aromatic heterocycles. The molecule has 1 heterocycles. The normalized spacial score (nSPS) is 23.6. The van der Waals surface area contributed by atoms with E-state index in [1.54, 1.807) is 7.11 Å². The monoisotopic (exact) mass is 687 g/mol. The van der Waals surface area contributed by atoms with Crippen LogP contribution in [-0.2, 0) is 22.2 Å². The maximum absolute atomic E-state index is 15.5. The first-order valence-electron chi connectivity index (χ1n) is 16.9. The molecular weight excluding hydrogens is 639 g/mol. The number of aliphatic hydroxyl groups is 1. The average Bonchev–Trinajstić information content (AvgIpc) is 3.44. The Balaban J connectivity index is 1.59. The molecule has 1 saturated carbocycles. The molecule has 4 atom stereocenters. The summed E-state index contributed by atoms with van der Waals surface area (Å²) in [5.41, 5.74) is 2.51. The van der Waals surface area contributed by atoms with Gasteiger partial charge in [-0.05, 0) is 85.8 Å². The molecule has 0 radical (unpaired) electrons. The van der Waals surface area contributed by atoms with Crippen molar-refractivity contribution in [1.29, 1.82) is 0 Å². The van der Waals surface area contributed by atoms with Gasteiger partial charge in [-0.15, -0.1) is 0 Å². The summed E-state index contributed by atoms with van der Waals surface area (Å²) in [4.78, 5) is 34.8. The number of Topliss-reactive ketones (excluding diaryl/α,β-unsaturated/α-hetero) is 2. The van der Waals surface area contributed by atoms with Gasteiger partial charge < -0.3 is 28.4 Å². The molecule has 0 saturated heterocycles. The van der Waals surface area contributed by atoms with Crippen LogP contribution in [0.15, 0.2) is 46.5 Å². The van der Waals surface area contributed by atoms with Crippen molar-refractivity contribution in [1.82, 2.24) is 10.1 Å². The Labute approximate surface area is 290 Å². The maximum Gasteiger partial charge on any atom is 0.265 e. The number of aliphatic hydroxyl groups excluding tert-OH is 1. The second-order valence-corrected chi connectivity index (χ2v) is 20.4. The van der Waals surface area contributed by atoms with Crippen LogP contribution < -0.4 is 14.4 Å². The van der Waals surface area contributed by atoms with Crippen molar-refractivity contribution in [2.24, 2.45) is 11.8 Å². The van der Waals surface area contributed by atoms with Crippen LogP contribution in [0.25, 0.3) is 5.76 Å². The summed E-state index contributed by atoms with van der Waals surface area (Å²) in [7, 11) is 6.52. The molecule has 0 spiro atoms. The third kappa shape index (κ3) is 5.32. The van der Waals surface area contributed by atoms with Gasteiger partial charge in [0.05, 0.1) is 18.8 Å². The number of ketones is 2. The van der Waals surface area contributed by atoms with Gasteiger partial charge in [-0.2, -0.15) is 0 Å². The second kappa shape index (κ2) is 12.1. The molecule has 1 fully saturated rings. The van der Waals surface area contributed by atoms with E-state index in [-0.39, 0.29) is 40.3 Å². The Morgan fingerprint density at radius 3 is 2.33 bits per heavy atom. The number of aromatic nitrogens is 1. The van der Waals surface area contributed by atoms with Crippen molar-refractivity contribution in [2.45, 2.75) is 76.9 Å². The number of anilines is 1.